The maximum atomic E-state index is 13.3. The average Bonchev–Trinajstić information content (AvgIpc) is 2.28. The van der Waals surface area contributed by atoms with Crippen LogP contribution in [0.3, 0.4) is 0 Å². The van der Waals surface area contributed by atoms with Crippen LogP contribution in [0, 0.1) is 5.82 Å². The van der Waals surface area contributed by atoms with Gasteiger partial charge in [0.25, 0.3) is 0 Å². The first-order valence-corrected chi connectivity index (χ1v) is 4.75. The first kappa shape index (κ1) is 12.2. The number of aldehydes is 1. The van der Waals surface area contributed by atoms with E-state index in [0.29, 0.717) is 12.0 Å². The van der Waals surface area contributed by atoms with Crippen molar-refractivity contribution in [2.45, 2.75) is 0 Å². The summed E-state index contributed by atoms with van der Waals surface area (Å²) >= 11 is 0. The maximum Gasteiger partial charge on any atom is 0.239 e. The van der Waals surface area contributed by atoms with Crippen molar-refractivity contribution in [1.82, 2.24) is 5.32 Å². The first-order chi connectivity index (χ1) is 7.60. The summed E-state index contributed by atoms with van der Waals surface area (Å²) in [7, 11) is 3.14. The average molecular weight is 224 g/mol. The van der Waals surface area contributed by atoms with E-state index in [4.69, 9.17) is 0 Å². The minimum atomic E-state index is -0.587. The van der Waals surface area contributed by atoms with Crippen LogP contribution in [0.4, 0.5) is 10.1 Å². The number of carbonyl (C=O) groups excluding carboxylic acids is 2. The van der Waals surface area contributed by atoms with Gasteiger partial charge in [0.15, 0.2) is 6.29 Å². The molecular weight excluding hydrogens is 211 g/mol. The van der Waals surface area contributed by atoms with Crippen LogP contribution >= 0.6 is 0 Å². The van der Waals surface area contributed by atoms with Gasteiger partial charge in [-0.15, -0.1) is 0 Å². The molecule has 0 radical (unpaired) electrons. The molecule has 0 aliphatic carbocycles. The second-order valence-electron chi connectivity index (χ2n) is 3.32. The summed E-state index contributed by atoms with van der Waals surface area (Å²) in [4.78, 5) is 23.4. The Labute approximate surface area is 93.1 Å². The highest BCUT2D eigenvalue weighted by Gasteiger charge is 2.12. The largest absolute Gasteiger partial charge is 0.365 e. The lowest BCUT2D eigenvalue weighted by molar-refractivity contribution is -0.119. The van der Waals surface area contributed by atoms with Crippen LogP contribution in [0.2, 0.25) is 0 Å². The molecule has 0 saturated carbocycles. The van der Waals surface area contributed by atoms with Crippen LogP contribution in [-0.4, -0.2) is 32.8 Å². The van der Waals surface area contributed by atoms with Crippen molar-refractivity contribution in [1.29, 1.82) is 0 Å². The van der Waals surface area contributed by atoms with Crippen LogP contribution < -0.4 is 10.2 Å². The van der Waals surface area contributed by atoms with E-state index in [1.807, 2.05) is 0 Å². The zero-order chi connectivity index (χ0) is 12.1. The van der Waals surface area contributed by atoms with E-state index in [0.717, 1.165) is 0 Å². The summed E-state index contributed by atoms with van der Waals surface area (Å²) in [5.74, 6) is -0.792. The highest BCUT2D eigenvalue weighted by atomic mass is 19.1. The molecule has 86 valence electrons. The lowest BCUT2D eigenvalue weighted by Crippen LogP contribution is -2.33. The SMILES string of the molecule is CNC(=O)CN(C)c1cccc(F)c1C=O. The van der Waals surface area contributed by atoms with Gasteiger partial charge in [0, 0.05) is 14.1 Å². The standard InChI is InChI=1S/C11H13FN2O2/c1-13-11(16)6-14(2)10-5-3-4-9(12)8(10)7-15/h3-5,7H,6H2,1-2H3,(H,13,16). The van der Waals surface area contributed by atoms with Crippen molar-refractivity contribution in [3.63, 3.8) is 0 Å². The second-order valence-corrected chi connectivity index (χ2v) is 3.32. The van der Waals surface area contributed by atoms with Gasteiger partial charge in [-0.05, 0) is 12.1 Å². The Hall–Kier alpha value is -1.91. The zero-order valence-corrected chi connectivity index (χ0v) is 9.16. The van der Waals surface area contributed by atoms with Crippen LogP contribution in [0.25, 0.3) is 0 Å². The van der Waals surface area contributed by atoms with Crippen molar-refractivity contribution < 1.29 is 14.0 Å². The molecule has 1 aromatic carbocycles. The van der Waals surface area contributed by atoms with Crippen LogP contribution in [-0.2, 0) is 4.79 Å². The Balaban J connectivity index is 2.99. The Bertz CT molecular complexity index is 407. The third-order valence-corrected chi connectivity index (χ3v) is 2.22. The van der Waals surface area contributed by atoms with E-state index in [1.165, 1.54) is 24.1 Å². The van der Waals surface area contributed by atoms with E-state index in [9.17, 15) is 14.0 Å². The molecular formula is C11H13FN2O2. The molecule has 5 heteroatoms. The molecule has 16 heavy (non-hydrogen) atoms. The molecule has 0 saturated heterocycles. The van der Waals surface area contributed by atoms with Gasteiger partial charge in [0.05, 0.1) is 17.8 Å². The zero-order valence-electron chi connectivity index (χ0n) is 9.16. The third kappa shape index (κ3) is 2.56. The fourth-order valence-electron chi connectivity index (χ4n) is 1.35. The summed E-state index contributed by atoms with van der Waals surface area (Å²) in [5, 5.41) is 2.46. The van der Waals surface area contributed by atoms with Crippen LogP contribution in [0.15, 0.2) is 18.2 Å². The Kier molecular flexibility index (Phi) is 3.99. The number of nitrogens with zero attached hydrogens (tertiary/aromatic N) is 1. The van der Waals surface area contributed by atoms with Gasteiger partial charge in [0.1, 0.15) is 5.82 Å². The molecule has 0 fully saturated rings. The van der Waals surface area contributed by atoms with Crippen molar-refractivity contribution >= 4 is 17.9 Å². The van der Waals surface area contributed by atoms with E-state index < -0.39 is 5.82 Å². The van der Waals surface area contributed by atoms with Gasteiger partial charge in [-0.2, -0.15) is 0 Å². The van der Waals surface area contributed by atoms with E-state index in [2.05, 4.69) is 5.32 Å². The predicted molar refractivity (Wildman–Crippen MR) is 59.1 cm³/mol. The molecule has 1 rings (SSSR count). The monoisotopic (exact) mass is 224 g/mol. The predicted octanol–water partition coefficient (Wildman–Crippen LogP) is 0.820. The van der Waals surface area contributed by atoms with Crippen molar-refractivity contribution in [3.8, 4) is 0 Å². The van der Waals surface area contributed by atoms with Gasteiger partial charge >= 0.3 is 0 Å². The molecule has 0 bridgehead atoms. The minimum Gasteiger partial charge on any atom is -0.365 e. The van der Waals surface area contributed by atoms with E-state index in [1.54, 1.807) is 13.1 Å². The number of amides is 1. The molecule has 0 aliphatic rings. The van der Waals surface area contributed by atoms with Crippen molar-refractivity contribution in [2.75, 3.05) is 25.5 Å². The molecule has 0 heterocycles. The summed E-state index contributed by atoms with van der Waals surface area (Å²) in [5.41, 5.74) is 0.368. The van der Waals surface area contributed by atoms with Gasteiger partial charge in [0.2, 0.25) is 5.91 Å². The first-order valence-electron chi connectivity index (χ1n) is 4.75. The van der Waals surface area contributed by atoms with Gasteiger partial charge in [-0.1, -0.05) is 6.07 Å². The number of rotatable bonds is 4. The minimum absolute atomic E-state index is 0.0334. The van der Waals surface area contributed by atoms with Gasteiger partial charge in [-0.25, -0.2) is 4.39 Å². The van der Waals surface area contributed by atoms with Crippen molar-refractivity contribution in [2.24, 2.45) is 0 Å². The number of benzene rings is 1. The molecule has 0 atom stereocenters. The lowest BCUT2D eigenvalue weighted by atomic mass is 10.1. The maximum absolute atomic E-state index is 13.3. The van der Waals surface area contributed by atoms with Crippen molar-refractivity contribution in [3.05, 3.63) is 29.6 Å². The number of anilines is 1. The van der Waals surface area contributed by atoms with Crippen LogP contribution in [0.1, 0.15) is 10.4 Å². The molecule has 0 spiro atoms. The molecule has 1 N–H and O–H groups in total. The quantitative estimate of drug-likeness (QED) is 0.770. The number of likely N-dealkylation sites (N-methyl/N-ethyl adjacent to an activating group) is 2. The number of halogens is 1. The van der Waals surface area contributed by atoms with E-state index >= 15 is 0 Å². The Morgan fingerprint density at radius 3 is 2.81 bits per heavy atom. The summed E-state index contributed by atoms with van der Waals surface area (Å²) in [6, 6.07) is 4.30. The van der Waals surface area contributed by atoms with Crippen LogP contribution in [0.5, 0.6) is 0 Å². The molecule has 0 aliphatic heterocycles. The number of hydrogen-bond donors (Lipinski definition) is 1. The summed E-state index contributed by atoms with van der Waals surface area (Å²) in [6.45, 7) is 0.0702. The molecule has 1 amide bonds. The molecule has 4 nitrogen and oxygen atoms in total. The molecule has 0 unspecified atom stereocenters. The molecule has 1 aromatic rings. The highest BCUT2D eigenvalue weighted by Crippen LogP contribution is 2.20. The van der Waals surface area contributed by atoms with Gasteiger partial charge < -0.3 is 10.2 Å². The van der Waals surface area contributed by atoms with E-state index in [-0.39, 0.29) is 18.0 Å². The lowest BCUT2D eigenvalue weighted by Gasteiger charge is -2.19. The third-order valence-electron chi connectivity index (χ3n) is 2.22. The van der Waals surface area contributed by atoms with Gasteiger partial charge in [-0.3, -0.25) is 9.59 Å². The highest BCUT2D eigenvalue weighted by molar-refractivity contribution is 5.87. The Morgan fingerprint density at radius 1 is 1.56 bits per heavy atom. The topological polar surface area (TPSA) is 49.4 Å². The summed E-state index contributed by atoms with van der Waals surface area (Å²) in [6.07, 6.45) is 0.449. The summed E-state index contributed by atoms with van der Waals surface area (Å²) < 4.78 is 13.3. The number of nitrogens with one attached hydrogen (secondary N) is 1. The number of carbonyl (C=O) groups is 2. The fourth-order valence-corrected chi connectivity index (χ4v) is 1.35. The normalized spacial score (nSPS) is 9.69. The fraction of sp³-hybridized carbons (Fsp3) is 0.273. The smallest absolute Gasteiger partial charge is 0.239 e. The number of hydrogen-bond acceptors (Lipinski definition) is 3. The second kappa shape index (κ2) is 5.25. The molecule has 0 aromatic heterocycles. The Morgan fingerprint density at radius 2 is 2.25 bits per heavy atom.